The number of nitrogens with zero attached hydrogens (tertiary/aromatic N) is 1. The van der Waals surface area contributed by atoms with E-state index in [2.05, 4.69) is 54.4 Å². The Hall–Kier alpha value is -1.20. The second-order valence-electron chi connectivity index (χ2n) is 5.12. The number of hydrogen-bond donors (Lipinski definition) is 1. The maximum absolute atomic E-state index is 5.55. The van der Waals surface area contributed by atoms with Crippen LogP contribution in [0.1, 0.15) is 31.9 Å². The van der Waals surface area contributed by atoms with E-state index in [1.54, 1.807) is 0 Å². The molecule has 2 aromatic rings. The van der Waals surface area contributed by atoms with Crippen LogP contribution < -0.4 is 4.74 Å². The van der Waals surface area contributed by atoms with Crippen LogP contribution in [0.15, 0.2) is 24.3 Å². The molecule has 0 atom stereocenters. The molecular formula is C13H16N2OS2. The predicted molar refractivity (Wildman–Crippen MR) is 76.8 cm³/mol. The number of nitrogens with one attached hydrogen (secondary N) is 1. The van der Waals surface area contributed by atoms with Crippen molar-refractivity contribution in [3.63, 3.8) is 0 Å². The van der Waals surface area contributed by atoms with Crippen molar-refractivity contribution >= 4 is 23.8 Å². The van der Waals surface area contributed by atoms with Crippen LogP contribution in [0.5, 0.6) is 5.19 Å². The summed E-state index contributed by atoms with van der Waals surface area (Å²) in [5.74, 6) is 0. The minimum Gasteiger partial charge on any atom is -0.464 e. The van der Waals surface area contributed by atoms with Gasteiger partial charge in [0.25, 0.3) is 5.19 Å². The zero-order chi connectivity index (χ0) is 13.2. The van der Waals surface area contributed by atoms with Gasteiger partial charge in [-0.25, -0.2) is 0 Å². The van der Waals surface area contributed by atoms with Gasteiger partial charge in [0, 0.05) is 0 Å². The Morgan fingerprint density at radius 3 is 2.44 bits per heavy atom. The summed E-state index contributed by atoms with van der Waals surface area (Å²) in [6.45, 7) is 7.12. The van der Waals surface area contributed by atoms with E-state index in [1.807, 2.05) is 0 Å². The second kappa shape index (κ2) is 5.20. The average molecular weight is 280 g/mol. The van der Waals surface area contributed by atoms with Gasteiger partial charge in [-0.15, -0.1) is 0 Å². The van der Waals surface area contributed by atoms with Gasteiger partial charge in [0.15, 0.2) is 0 Å². The smallest absolute Gasteiger partial charge is 0.292 e. The van der Waals surface area contributed by atoms with Gasteiger partial charge in [0.05, 0.1) is 0 Å². The van der Waals surface area contributed by atoms with E-state index >= 15 is 0 Å². The van der Waals surface area contributed by atoms with Gasteiger partial charge in [-0.1, -0.05) is 45.0 Å². The molecule has 0 unspecified atom stereocenters. The lowest BCUT2D eigenvalue weighted by molar-refractivity contribution is 0.304. The fourth-order valence-electron chi connectivity index (χ4n) is 1.52. The lowest BCUT2D eigenvalue weighted by atomic mass is 9.87. The van der Waals surface area contributed by atoms with Crippen molar-refractivity contribution in [3.05, 3.63) is 40.2 Å². The minimum absolute atomic E-state index is 0.181. The van der Waals surface area contributed by atoms with Crippen molar-refractivity contribution in [3.8, 4) is 5.19 Å². The Morgan fingerprint density at radius 1 is 1.28 bits per heavy atom. The van der Waals surface area contributed by atoms with Gasteiger partial charge in [0.1, 0.15) is 6.61 Å². The van der Waals surface area contributed by atoms with Crippen molar-refractivity contribution in [1.82, 2.24) is 9.36 Å². The molecule has 0 fully saturated rings. The predicted octanol–water partition coefficient (Wildman–Crippen LogP) is 4.08. The molecule has 0 amide bonds. The first kappa shape index (κ1) is 13.2. The highest BCUT2D eigenvalue weighted by molar-refractivity contribution is 7.71. The van der Waals surface area contributed by atoms with Crippen molar-refractivity contribution in [2.45, 2.75) is 32.8 Å². The van der Waals surface area contributed by atoms with Crippen molar-refractivity contribution in [2.24, 2.45) is 0 Å². The molecule has 1 aromatic carbocycles. The van der Waals surface area contributed by atoms with Crippen LogP contribution in [0, 0.1) is 4.77 Å². The molecule has 1 N–H and O–H groups in total. The maximum atomic E-state index is 5.55. The number of H-pyrrole nitrogens is 1. The third-order valence-corrected chi connectivity index (χ3v) is 3.60. The van der Waals surface area contributed by atoms with Gasteiger partial charge in [-0.05, 0) is 40.3 Å². The van der Waals surface area contributed by atoms with E-state index in [4.69, 9.17) is 17.0 Å². The first-order valence-corrected chi connectivity index (χ1v) is 6.95. The van der Waals surface area contributed by atoms with E-state index < -0.39 is 0 Å². The van der Waals surface area contributed by atoms with Crippen LogP contribution in [0.25, 0.3) is 0 Å². The molecule has 0 spiro atoms. The van der Waals surface area contributed by atoms with Gasteiger partial charge in [0.2, 0.25) is 4.77 Å². The van der Waals surface area contributed by atoms with Crippen LogP contribution in [0.2, 0.25) is 0 Å². The second-order valence-corrected chi connectivity index (χ2v) is 6.27. The molecule has 0 radical (unpaired) electrons. The normalized spacial score (nSPS) is 11.5. The Bertz CT molecular complexity index is 564. The molecular weight excluding hydrogens is 264 g/mol. The zero-order valence-corrected chi connectivity index (χ0v) is 12.3. The van der Waals surface area contributed by atoms with E-state index in [1.165, 1.54) is 17.1 Å². The molecule has 2 rings (SSSR count). The highest BCUT2D eigenvalue weighted by Crippen LogP contribution is 2.22. The lowest BCUT2D eigenvalue weighted by Gasteiger charge is -2.19. The van der Waals surface area contributed by atoms with Crippen LogP contribution >= 0.6 is 23.8 Å². The van der Waals surface area contributed by atoms with Gasteiger partial charge >= 0.3 is 0 Å². The lowest BCUT2D eigenvalue weighted by Crippen LogP contribution is -2.10. The standard InChI is InChI=1S/C13H16N2OS2/c1-13(2,3)10-6-4-9(5-7-10)8-16-12-14-11(17)15-18-12/h4-7H,8H2,1-3H3,(H,15,17). The summed E-state index contributed by atoms with van der Waals surface area (Å²) in [7, 11) is 0. The van der Waals surface area contributed by atoms with Gasteiger partial charge < -0.3 is 4.74 Å². The summed E-state index contributed by atoms with van der Waals surface area (Å²) >= 11 is 6.20. The Kier molecular flexibility index (Phi) is 3.82. The number of benzene rings is 1. The number of hydrogen-bond acceptors (Lipinski definition) is 4. The summed E-state index contributed by atoms with van der Waals surface area (Å²) in [6.07, 6.45) is 0. The molecule has 18 heavy (non-hydrogen) atoms. The number of rotatable bonds is 3. The maximum Gasteiger partial charge on any atom is 0.292 e. The summed E-state index contributed by atoms with van der Waals surface area (Å²) < 4.78 is 8.87. The SMILES string of the molecule is CC(C)(C)c1ccc(COc2nc(=S)[nH]s2)cc1. The average Bonchev–Trinajstić information content (AvgIpc) is 2.72. The van der Waals surface area contributed by atoms with Crippen molar-refractivity contribution < 1.29 is 4.74 Å². The third-order valence-electron chi connectivity index (χ3n) is 2.60. The van der Waals surface area contributed by atoms with Crippen LogP contribution in [-0.4, -0.2) is 9.36 Å². The first-order valence-electron chi connectivity index (χ1n) is 5.73. The van der Waals surface area contributed by atoms with Crippen molar-refractivity contribution in [1.29, 1.82) is 0 Å². The van der Waals surface area contributed by atoms with E-state index in [0.717, 1.165) is 5.56 Å². The summed E-state index contributed by atoms with van der Waals surface area (Å²) in [5.41, 5.74) is 2.63. The number of ether oxygens (including phenoxy) is 1. The minimum atomic E-state index is 0.181. The molecule has 0 saturated carbocycles. The van der Waals surface area contributed by atoms with Gasteiger partial charge in [-0.3, -0.25) is 4.37 Å². The Labute approximate surface area is 116 Å². The quantitative estimate of drug-likeness (QED) is 0.861. The first-order chi connectivity index (χ1) is 8.45. The van der Waals surface area contributed by atoms with Crippen LogP contribution in [0.4, 0.5) is 0 Å². The molecule has 0 aliphatic carbocycles. The largest absolute Gasteiger partial charge is 0.464 e. The summed E-state index contributed by atoms with van der Waals surface area (Å²) in [4.78, 5) is 4.04. The number of aromatic amines is 1. The highest BCUT2D eigenvalue weighted by Gasteiger charge is 2.12. The van der Waals surface area contributed by atoms with Crippen molar-refractivity contribution in [2.75, 3.05) is 0 Å². The highest BCUT2D eigenvalue weighted by atomic mass is 32.1. The molecule has 96 valence electrons. The fraction of sp³-hybridized carbons (Fsp3) is 0.385. The Balaban J connectivity index is 2.00. The monoisotopic (exact) mass is 280 g/mol. The summed E-state index contributed by atoms with van der Waals surface area (Å²) in [5, 5.41) is 0.583. The number of aromatic nitrogens is 2. The molecule has 0 aliphatic rings. The topological polar surface area (TPSA) is 37.9 Å². The van der Waals surface area contributed by atoms with E-state index in [0.29, 0.717) is 16.6 Å². The summed E-state index contributed by atoms with van der Waals surface area (Å²) in [6, 6.07) is 8.47. The molecule has 0 saturated heterocycles. The third kappa shape index (κ3) is 3.40. The molecule has 3 nitrogen and oxygen atoms in total. The van der Waals surface area contributed by atoms with Crippen LogP contribution in [0.3, 0.4) is 0 Å². The molecule has 0 aliphatic heterocycles. The molecule has 1 aromatic heterocycles. The van der Waals surface area contributed by atoms with Crippen LogP contribution in [-0.2, 0) is 12.0 Å². The zero-order valence-electron chi connectivity index (χ0n) is 10.7. The van der Waals surface area contributed by atoms with Gasteiger partial charge in [-0.2, -0.15) is 4.98 Å². The molecule has 1 heterocycles. The fourth-order valence-corrected chi connectivity index (χ4v) is 2.26. The van der Waals surface area contributed by atoms with E-state index in [9.17, 15) is 0 Å². The molecule has 5 heteroatoms. The van der Waals surface area contributed by atoms with E-state index in [-0.39, 0.29) is 5.41 Å². The Morgan fingerprint density at radius 2 is 1.94 bits per heavy atom. The molecule has 0 bridgehead atoms.